The van der Waals surface area contributed by atoms with E-state index in [9.17, 15) is 19.8 Å². The van der Waals surface area contributed by atoms with Gasteiger partial charge in [0.05, 0.1) is 5.56 Å². The fourth-order valence-corrected chi connectivity index (χ4v) is 2.22. The second kappa shape index (κ2) is 5.17. The van der Waals surface area contributed by atoms with Crippen molar-refractivity contribution < 1.29 is 19.8 Å². The van der Waals surface area contributed by atoms with Gasteiger partial charge in [-0.3, -0.25) is 9.59 Å². The molecule has 1 aliphatic heterocycles. The van der Waals surface area contributed by atoms with E-state index >= 15 is 0 Å². The SMILES string of the molecule is CC(=O)NC1CCN(C(=O)c2ccc(O)cc2O)C1. The minimum Gasteiger partial charge on any atom is -0.508 e. The van der Waals surface area contributed by atoms with E-state index in [0.717, 1.165) is 6.07 Å². The molecular weight excluding hydrogens is 248 g/mol. The molecule has 1 aliphatic rings. The van der Waals surface area contributed by atoms with Gasteiger partial charge in [-0.15, -0.1) is 0 Å². The van der Waals surface area contributed by atoms with Crippen molar-refractivity contribution in [3.05, 3.63) is 23.8 Å². The number of carbonyl (C=O) groups is 2. The van der Waals surface area contributed by atoms with Gasteiger partial charge >= 0.3 is 0 Å². The highest BCUT2D eigenvalue weighted by molar-refractivity contribution is 5.97. The molecule has 1 atom stereocenters. The number of hydrogen-bond acceptors (Lipinski definition) is 4. The first-order valence-corrected chi connectivity index (χ1v) is 6.05. The summed E-state index contributed by atoms with van der Waals surface area (Å²) in [5.74, 6) is -0.753. The van der Waals surface area contributed by atoms with E-state index in [1.165, 1.54) is 19.1 Å². The van der Waals surface area contributed by atoms with E-state index in [1.807, 2.05) is 0 Å². The van der Waals surface area contributed by atoms with E-state index in [4.69, 9.17) is 0 Å². The molecule has 0 aromatic heterocycles. The van der Waals surface area contributed by atoms with Crippen LogP contribution in [0, 0.1) is 0 Å². The summed E-state index contributed by atoms with van der Waals surface area (Å²) in [6, 6.07) is 3.84. The lowest BCUT2D eigenvalue weighted by Crippen LogP contribution is -2.37. The largest absolute Gasteiger partial charge is 0.508 e. The Kier molecular flexibility index (Phi) is 3.59. The molecule has 1 aromatic rings. The molecular formula is C13H16N2O4. The summed E-state index contributed by atoms with van der Waals surface area (Å²) >= 11 is 0. The molecule has 19 heavy (non-hydrogen) atoms. The fourth-order valence-electron chi connectivity index (χ4n) is 2.22. The maximum absolute atomic E-state index is 12.2. The van der Waals surface area contributed by atoms with Crippen LogP contribution in [0.2, 0.25) is 0 Å². The van der Waals surface area contributed by atoms with E-state index in [1.54, 1.807) is 4.90 Å². The van der Waals surface area contributed by atoms with Crippen LogP contribution in [-0.2, 0) is 4.79 Å². The number of aromatic hydroxyl groups is 2. The number of phenols is 2. The van der Waals surface area contributed by atoms with Gasteiger partial charge in [-0.25, -0.2) is 0 Å². The summed E-state index contributed by atoms with van der Waals surface area (Å²) in [7, 11) is 0. The van der Waals surface area contributed by atoms with Gasteiger partial charge in [-0.2, -0.15) is 0 Å². The summed E-state index contributed by atoms with van der Waals surface area (Å²) in [6.45, 7) is 2.40. The van der Waals surface area contributed by atoms with Crippen LogP contribution in [0.25, 0.3) is 0 Å². The van der Waals surface area contributed by atoms with Crippen LogP contribution in [0.4, 0.5) is 0 Å². The van der Waals surface area contributed by atoms with Crippen molar-refractivity contribution in [2.24, 2.45) is 0 Å². The first-order valence-electron chi connectivity index (χ1n) is 6.05. The third-order valence-corrected chi connectivity index (χ3v) is 3.09. The number of nitrogens with zero attached hydrogens (tertiary/aromatic N) is 1. The Bertz CT molecular complexity index is 515. The molecule has 0 radical (unpaired) electrons. The van der Waals surface area contributed by atoms with E-state index in [-0.39, 0.29) is 34.9 Å². The number of benzene rings is 1. The summed E-state index contributed by atoms with van der Waals surface area (Å²) in [6.07, 6.45) is 0.699. The minimum atomic E-state index is -0.301. The van der Waals surface area contributed by atoms with Gasteiger partial charge in [0.15, 0.2) is 0 Å². The average molecular weight is 264 g/mol. The normalized spacial score (nSPS) is 18.4. The molecule has 2 amide bonds. The first kappa shape index (κ1) is 13.2. The van der Waals surface area contributed by atoms with Gasteiger partial charge in [0.2, 0.25) is 5.91 Å². The van der Waals surface area contributed by atoms with Gasteiger partial charge < -0.3 is 20.4 Å². The number of hydrogen-bond donors (Lipinski definition) is 3. The Labute approximate surface area is 110 Å². The van der Waals surface area contributed by atoms with Crippen molar-refractivity contribution in [3.8, 4) is 11.5 Å². The van der Waals surface area contributed by atoms with Gasteiger partial charge in [0, 0.05) is 32.1 Å². The van der Waals surface area contributed by atoms with Crippen molar-refractivity contribution in [1.82, 2.24) is 10.2 Å². The monoisotopic (exact) mass is 264 g/mol. The summed E-state index contributed by atoms with van der Waals surface area (Å²) in [4.78, 5) is 24.7. The van der Waals surface area contributed by atoms with Crippen molar-refractivity contribution >= 4 is 11.8 Å². The van der Waals surface area contributed by atoms with Gasteiger partial charge in [-0.1, -0.05) is 0 Å². The molecule has 0 aliphatic carbocycles. The second-order valence-corrected chi connectivity index (χ2v) is 4.64. The maximum Gasteiger partial charge on any atom is 0.257 e. The fraction of sp³-hybridized carbons (Fsp3) is 0.385. The molecule has 1 aromatic carbocycles. The van der Waals surface area contributed by atoms with Crippen LogP contribution in [-0.4, -0.2) is 46.1 Å². The van der Waals surface area contributed by atoms with Crippen molar-refractivity contribution in [3.63, 3.8) is 0 Å². The number of rotatable bonds is 2. The molecule has 0 bridgehead atoms. The predicted octanol–water partition coefficient (Wildman–Crippen LogP) is 0.448. The Morgan fingerprint density at radius 2 is 2.11 bits per heavy atom. The minimum absolute atomic E-state index is 0.0410. The molecule has 3 N–H and O–H groups in total. The lowest BCUT2D eigenvalue weighted by molar-refractivity contribution is -0.119. The molecule has 1 saturated heterocycles. The second-order valence-electron chi connectivity index (χ2n) is 4.64. The Morgan fingerprint density at radius 3 is 2.74 bits per heavy atom. The lowest BCUT2D eigenvalue weighted by atomic mass is 10.1. The number of phenolic OH excluding ortho intramolecular Hbond substituents is 2. The summed E-state index contributed by atoms with van der Waals surface area (Å²) in [5, 5.41) is 21.6. The standard InChI is InChI=1S/C13H16N2O4/c1-8(16)14-9-4-5-15(7-9)13(19)11-3-2-10(17)6-12(11)18/h2-3,6,9,17-18H,4-5,7H2,1H3,(H,14,16). The average Bonchev–Trinajstić information content (AvgIpc) is 2.75. The number of nitrogens with one attached hydrogen (secondary N) is 1. The first-order chi connectivity index (χ1) is 8.97. The van der Waals surface area contributed by atoms with Crippen LogP contribution in [0.15, 0.2) is 18.2 Å². The molecule has 6 nitrogen and oxygen atoms in total. The molecule has 1 unspecified atom stereocenters. The number of amides is 2. The van der Waals surface area contributed by atoms with Crippen molar-refractivity contribution in [2.45, 2.75) is 19.4 Å². The number of carbonyl (C=O) groups excluding carboxylic acids is 2. The highest BCUT2D eigenvalue weighted by Crippen LogP contribution is 2.25. The van der Waals surface area contributed by atoms with Crippen LogP contribution in [0.3, 0.4) is 0 Å². The zero-order valence-corrected chi connectivity index (χ0v) is 10.6. The predicted molar refractivity (Wildman–Crippen MR) is 67.9 cm³/mol. The molecule has 6 heteroatoms. The topological polar surface area (TPSA) is 89.9 Å². The Hall–Kier alpha value is -2.24. The van der Waals surface area contributed by atoms with E-state index < -0.39 is 0 Å². The van der Waals surface area contributed by atoms with Crippen molar-refractivity contribution in [2.75, 3.05) is 13.1 Å². The zero-order chi connectivity index (χ0) is 14.0. The molecule has 0 spiro atoms. The van der Waals surface area contributed by atoms with Gasteiger partial charge in [0.1, 0.15) is 11.5 Å². The van der Waals surface area contributed by atoms with E-state index in [0.29, 0.717) is 19.5 Å². The highest BCUT2D eigenvalue weighted by atomic mass is 16.3. The molecule has 2 rings (SSSR count). The quantitative estimate of drug-likeness (QED) is 0.723. The lowest BCUT2D eigenvalue weighted by Gasteiger charge is -2.17. The zero-order valence-electron chi connectivity index (χ0n) is 10.6. The third-order valence-electron chi connectivity index (χ3n) is 3.09. The number of likely N-dealkylation sites (tertiary alicyclic amines) is 1. The van der Waals surface area contributed by atoms with Gasteiger partial charge in [0.25, 0.3) is 5.91 Å². The summed E-state index contributed by atoms with van der Waals surface area (Å²) < 4.78 is 0. The van der Waals surface area contributed by atoms with Crippen LogP contribution < -0.4 is 5.32 Å². The molecule has 0 saturated carbocycles. The van der Waals surface area contributed by atoms with Crippen LogP contribution >= 0.6 is 0 Å². The Balaban J connectivity index is 2.07. The molecule has 1 fully saturated rings. The smallest absolute Gasteiger partial charge is 0.257 e. The third kappa shape index (κ3) is 2.96. The van der Waals surface area contributed by atoms with Crippen LogP contribution in [0.1, 0.15) is 23.7 Å². The maximum atomic E-state index is 12.2. The highest BCUT2D eigenvalue weighted by Gasteiger charge is 2.28. The Morgan fingerprint density at radius 1 is 1.37 bits per heavy atom. The summed E-state index contributed by atoms with van der Waals surface area (Å²) in [5.41, 5.74) is 0.154. The molecule has 1 heterocycles. The molecule has 102 valence electrons. The van der Waals surface area contributed by atoms with Gasteiger partial charge in [-0.05, 0) is 18.6 Å². The van der Waals surface area contributed by atoms with Crippen molar-refractivity contribution in [1.29, 1.82) is 0 Å². The van der Waals surface area contributed by atoms with Crippen LogP contribution in [0.5, 0.6) is 11.5 Å². The van der Waals surface area contributed by atoms with E-state index in [2.05, 4.69) is 5.32 Å².